The van der Waals surface area contributed by atoms with Crippen molar-refractivity contribution in [3.05, 3.63) is 33.9 Å². The second-order valence-electron chi connectivity index (χ2n) is 5.03. The minimum Gasteiger partial charge on any atom is -0.393 e. The lowest BCUT2D eigenvalue weighted by Gasteiger charge is -2.19. The van der Waals surface area contributed by atoms with Gasteiger partial charge in [-0.1, -0.05) is 6.07 Å². The number of hydrogen-bond donors (Lipinski definition) is 1. The fraction of sp³-hybridized carbons (Fsp3) is 0.462. The lowest BCUT2D eigenvalue weighted by molar-refractivity contribution is -0.383. The number of nitrogen functional groups attached to an aromatic ring is 1. The molecule has 1 heterocycles. The van der Waals surface area contributed by atoms with Gasteiger partial charge >= 0.3 is 0 Å². The molecular formula is C13H18N4O3. The molecule has 1 amide bonds. The molecule has 1 aliphatic rings. The maximum atomic E-state index is 11.8. The van der Waals surface area contributed by atoms with Crippen molar-refractivity contribution in [3.8, 4) is 0 Å². The maximum Gasteiger partial charge on any atom is 0.292 e. The van der Waals surface area contributed by atoms with Gasteiger partial charge in [0.15, 0.2) is 0 Å². The number of anilines is 1. The van der Waals surface area contributed by atoms with Gasteiger partial charge in [0.2, 0.25) is 5.91 Å². The zero-order valence-corrected chi connectivity index (χ0v) is 11.4. The highest BCUT2D eigenvalue weighted by molar-refractivity contribution is 5.78. The average Bonchev–Trinajstić information content (AvgIpc) is 2.51. The number of nitrogens with zero attached hydrogens (tertiary/aromatic N) is 3. The van der Waals surface area contributed by atoms with Gasteiger partial charge in [-0.25, -0.2) is 0 Å². The summed E-state index contributed by atoms with van der Waals surface area (Å²) in [6, 6.07) is 4.71. The summed E-state index contributed by atoms with van der Waals surface area (Å²) in [5.74, 6) is 0.0948. The third-order valence-electron chi connectivity index (χ3n) is 3.45. The number of nitro benzene ring substituents is 1. The van der Waals surface area contributed by atoms with Crippen LogP contribution in [0.3, 0.4) is 0 Å². The fourth-order valence-corrected chi connectivity index (χ4v) is 2.31. The van der Waals surface area contributed by atoms with Gasteiger partial charge in [0.25, 0.3) is 5.69 Å². The van der Waals surface area contributed by atoms with E-state index in [0.717, 1.165) is 25.1 Å². The number of carbonyl (C=O) groups excluding carboxylic acids is 1. The number of nitrogens with two attached hydrogens (primary N) is 1. The van der Waals surface area contributed by atoms with Gasteiger partial charge in [0.05, 0.1) is 11.5 Å². The molecule has 2 N–H and O–H groups in total. The highest BCUT2D eigenvalue weighted by Crippen LogP contribution is 2.23. The Morgan fingerprint density at radius 3 is 2.80 bits per heavy atom. The predicted molar refractivity (Wildman–Crippen MR) is 75.0 cm³/mol. The summed E-state index contributed by atoms with van der Waals surface area (Å²) in [5, 5.41) is 10.7. The van der Waals surface area contributed by atoms with Crippen LogP contribution in [0.2, 0.25) is 0 Å². The van der Waals surface area contributed by atoms with E-state index in [1.54, 1.807) is 24.1 Å². The summed E-state index contributed by atoms with van der Waals surface area (Å²) >= 11 is 0. The molecule has 0 spiro atoms. The molecule has 0 atom stereocenters. The third kappa shape index (κ3) is 3.24. The van der Waals surface area contributed by atoms with Crippen molar-refractivity contribution in [2.75, 3.05) is 32.4 Å². The Morgan fingerprint density at radius 2 is 2.15 bits per heavy atom. The monoisotopic (exact) mass is 278 g/mol. The highest BCUT2D eigenvalue weighted by Gasteiger charge is 2.19. The van der Waals surface area contributed by atoms with E-state index in [1.165, 1.54) is 6.07 Å². The molecular weight excluding hydrogens is 260 g/mol. The minimum absolute atomic E-state index is 0.0829. The first-order valence-electron chi connectivity index (χ1n) is 6.46. The van der Waals surface area contributed by atoms with E-state index >= 15 is 0 Å². The zero-order valence-electron chi connectivity index (χ0n) is 11.4. The Morgan fingerprint density at radius 1 is 1.40 bits per heavy atom. The Hall–Kier alpha value is -2.15. The second kappa shape index (κ2) is 5.87. The number of nitro groups is 1. The Balaban J connectivity index is 2.08. The van der Waals surface area contributed by atoms with Gasteiger partial charge in [0, 0.05) is 32.7 Å². The van der Waals surface area contributed by atoms with Crippen molar-refractivity contribution in [1.29, 1.82) is 0 Å². The highest BCUT2D eigenvalue weighted by atomic mass is 16.6. The van der Waals surface area contributed by atoms with E-state index in [-0.39, 0.29) is 17.3 Å². The number of rotatable bonds is 3. The molecule has 108 valence electrons. The van der Waals surface area contributed by atoms with Crippen LogP contribution in [0.15, 0.2) is 18.2 Å². The van der Waals surface area contributed by atoms with Gasteiger partial charge in [-0.3, -0.25) is 19.8 Å². The van der Waals surface area contributed by atoms with Gasteiger partial charge in [-0.05, 0) is 18.1 Å². The fourth-order valence-electron chi connectivity index (χ4n) is 2.31. The van der Waals surface area contributed by atoms with E-state index in [1.807, 2.05) is 4.90 Å². The predicted octanol–water partition coefficient (Wildman–Crippen LogP) is 0.841. The topological polar surface area (TPSA) is 92.7 Å². The van der Waals surface area contributed by atoms with Crippen molar-refractivity contribution in [3.63, 3.8) is 0 Å². The van der Waals surface area contributed by atoms with Gasteiger partial charge < -0.3 is 10.6 Å². The van der Waals surface area contributed by atoms with Crippen molar-refractivity contribution in [2.45, 2.75) is 13.0 Å². The van der Waals surface area contributed by atoms with E-state index in [2.05, 4.69) is 0 Å². The van der Waals surface area contributed by atoms with Crippen LogP contribution in [0.5, 0.6) is 0 Å². The van der Waals surface area contributed by atoms with Crippen molar-refractivity contribution >= 4 is 17.3 Å². The average molecular weight is 278 g/mol. The molecule has 1 aromatic rings. The molecule has 2 rings (SSSR count). The Kier molecular flexibility index (Phi) is 4.19. The van der Waals surface area contributed by atoms with Crippen LogP contribution in [0.1, 0.15) is 12.0 Å². The molecule has 1 aliphatic heterocycles. The Labute approximate surface area is 117 Å². The van der Waals surface area contributed by atoms with Crippen molar-refractivity contribution in [1.82, 2.24) is 9.80 Å². The normalized spacial score (nSPS) is 17.1. The SMILES string of the molecule is CN1CCCN(Cc2ccc([N+](=O)[O-])c(N)c2)CC1=O. The molecule has 0 bridgehead atoms. The van der Waals surface area contributed by atoms with Crippen molar-refractivity contribution in [2.24, 2.45) is 0 Å². The summed E-state index contributed by atoms with van der Waals surface area (Å²) in [4.78, 5) is 25.8. The molecule has 7 heteroatoms. The molecule has 7 nitrogen and oxygen atoms in total. The summed E-state index contributed by atoms with van der Waals surface area (Å²) in [6.07, 6.45) is 0.921. The lowest BCUT2D eigenvalue weighted by Crippen LogP contribution is -2.34. The zero-order chi connectivity index (χ0) is 14.7. The number of hydrogen-bond acceptors (Lipinski definition) is 5. The molecule has 0 unspecified atom stereocenters. The number of likely N-dealkylation sites (N-methyl/N-ethyl adjacent to an activating group) is 1. The lowest BCUT2D eigenvalue weighted by atomic mass is 10.1. The van der Waals surface area contributed by atoms with E-state index < -0.39 is 4.92 Å². The smallest absolute Gasteiger partial charge is 0.292 e. The molecule has 0 saturated carbocycles. The van der Waals surface area contributed by atoms with Crippen LogP contribution in [0.4, 0.5) is 11.4 Å². The minimum atomic E-state index is -0.496. The van der Waals surface area contributed by atoms with E-state index in [9.17, 15) is 14.9 Å². The summed E-state index contributed by atoms with van der Waals surface area (Å²) in [5.41, 5.74) is 6.63. The first kappa shape index (κ1) is 14.3. The molecule has 1 fully saturated rings. The van der Waals surface area contributed by atoms with Crippen molar-refractivity contribution < 1.29 is 9.72 Å². The molecule has 1 saturated heterocycles. The van der Waals surface area contributed by atoms with Gasteiger partial charge in [-0.15, -0.1) is 0 Å². The standard InChI is InChI=1S/C13H18N4O3/c1-15-5-2-6-16(9-13(15)18)8-10-3-4-12(17(19)20)11(14)7-10/h3-4,7H,2,5-6,8-9,14H2,1H3. The molecule has 0 aliphatic carbocycles. The number of carbonyl (C=O) groups is 1. The van der Waals surface area contributed by atoms with Crippen LogP contribution in [-0.4, -0.2) is 47.3 Å². The first-order chi connectivity index (χ1) is 9.47. The quantitative estimate of drug-likeness (QED) is 0.502. The van der Waals surface area contributed by atoms with Gasteiger partial charge in [0.1, 0.15) is 5.69 Å². The van der Waals surface area contributed by atoms with Crippen LogP contribution < -0.4 is 5.73 Å². The summed E-state index contributed by atoms with van der Waals surface area (Å²) in [6.45, 7) is 2.53. The van der Waals surface area contributed by atoms with Crippen LogP contribution in [0, 0.1) is 10.1 Å². The van der Waals surface area contributed by atoms with Crippen LogP contribution >= 0.6 is 0 Å². The van der Waals surface area contributed by atoms with E-state index in [4.69, 9.17) is 5.73 Å². The number of amides is 1. The van der Waals surface area contributed by atoms with Crippen LogP contribution in [-0.2, 0) is 11.3 Å². The van der Waals surface area contributed by atoms with E-state index in [0.29, 0.717) is 13.1 Å². The first-order valence-corrected chi connectivity index (χ1v) is 6.46. The largest absolute Gasteiger partial charge is 0.393 e. The summed E-state index contributed by atoms with van der Waals surface area (Å²) in [7, 11) is 1.80. The van der Waals surface area contributed by atoms with Gasteiger partial charge in [-0.2, -0.15) is 0 Å². The third-order valence-corrected chi connectivity index (χ3v) is 3.45. The molecule has 0 aromatic heterocycles. The molecule has 0 radical (unpaired) electrons. The molecule has 1 aromatic carbocycles. The Bertz CT molecular complexity index is 532. The summed E-state index contributed by atoms with van der Waals surface area (Å²) < 4.78 is 0. The van der Waals surface area contributed by atoms with Crippen LogP contribution in [0.25, 0.3) is 0 Å². The molecule has 20 heavy (non-hydrogen) atoms. The second-order valence-corrected chi connectivity index (χ2v) is 5.03. The maximum absolute atomic E-state index is 11.8. The number of benzene rings is 1.